The number of anilines is 1. The van der Waals surface area contributed by atoms with E-state index >= 15 is 0 Å². The van der Waals surface area contributed by atoms with Gasteiger partial charge in [0.2, 0.25) is 5.91 Å². The van der Waals surface area contributed by atoms with Crippen LogP contribution in [0.1, 0.15) is 34.1 Å². The Morgan fingerprint density at radius 1 is 1.55 bits per heavy atom. The summed E-state index contributed by atoms with van der Waals surface area (Å²) in [6.07, 6.45) is 1.26. The number of amides is 1. The third kappa shape index (κ3) is 2.59. The molecule has 0 spiro atoms. The molecule has 20 heavy (non-hydrogen) atoms. The maximum absolute atomic E-state index is 12.2. The third-order valence-electron chi connectivity index (χ3n) is 3.64. The van der Waals surface area contributed by atoms with Gasteiger partial charge < -0.3 is 9.64 Å². The number of carbonyl (C=O) groups is 2. The van der Waals surface area contributed by atoms with Gasteiger partial charge in [-0.25, -0.2) is 4.79 Å². The van der Waals surface area contributed by atoms with Crippen LogP contribution in [0.4, 0.5) is 5.00 Å². The molecule has 1 amide bonds. The van der Waals surface area contributed by atoms with Gasteiger partial charge in [0.15, 0.2) is 0 Å². The Bertz CT molecular complexity index is 539. The number of thiol groups is 1. The Morgan fingerprint density at radius 3 is 2.75 bits per heavy atom. The summed E-state index contributed by atoms with van der Waals surface area (Å²) in [6.45, 7) is 4.62. The van der Waals surface area contributed by atoms with Crippen molar-refractivity contribution in [2.24, 2.45) is 5.92 Å². The molecule has 0 aliphatic carbocycles. The lowest BCUT2D eigenvalue weighted by molar-refractivity contribution is -0.117. The number of rotatable bonds is 4. The summed E-state index contributed by atoms with van der Waals surface area (Å²) in [7, 11) is 1.38. The van der Waals surface area contributed by atoms with Crippen LogP contribution >= 0.6 is 24.0 Å². The molecule has 0 bridgehead atoms. The molecule has 2 heterocycles. The maximum Gasteiger partial charge on any atom is 0.341 e. The number of esters is 1. The monoisotopic (exact) mass is 313 g/mol. The number of hydrogen-bond donors (Lipinski definition) is 1. The Labute approximate surface area is 128 Å². The highest BCUT2D eigenvalue weighted by Crippen LogP contribution is 2.39. The van der Waals surface area contributed by atoms with Crippen molar-refractivity contribution < 1.29 is 14.3 Å². The lowest BCUT2D eigenvalue weighted by Gasteiger charge is -2.16. The van der Waals surface area contributed by atoms with Gasteiger partial charge in [-0.1, -0.05) is 6.92 Å². The second kappa shape index (κ2) is 6.18. The first kappa shape index (κ1) is 15.4. The van der Waals surface area contributed by atoms with Crippen molar-refractivity contribution in [3.8, 4) is 0 Å². The SMILES string of the molecule is CCc1c(C)sc(N2CC(CS)CC2=O)c1C(=O)OC. The van der Waals surface area contributed by atoms with Gasteiger partial charge in [-0.15, -0.1) is 11.3 Å². The average molecular weight is 313 g/mol. The minimum absolute atomic E-state index is 0.0677. The van der Waals surface area contributed by atoms with Gasteiger partial charge in [-0.05, 0) is 30.6 Å². The number of hydrogen-bond acceptors (Lipinski definition) is 5. The quantitative estimate of drug-likeness (QED) is 0.687. The van der Waals surface area contributed by atoms with Gasteiger partial charge in [-0.2, -0.15) is 12.6 Å². The zero-order valence-corrected chi connectivity index (χ0v) is 13.6. The molecule has 1 saturated heterocycles. The Balaban J connectivity index is 2.46. The van der Waals surface area contributed by atoms with Crippen LogP contribution < -0.4 is 4.90 Å². The van der Waals surface area contributed by atoms with Crippen LogP contribution in [-0.2, 0) is 16.0 Å². The number of ether oxygens (including phenoxy) is 1. The minimum atomic E-state index is -0.358. The number of nitrogens with zero attached hydrogens (tertiary/aromatic N) is 1. The van der Waals surface area contributed by atoms with Crippen LogP contribution in [0.25, 0.3) is 0 Å². The number of aryl methyl sites for hydroxylation is 1. The summed E-state index contributed by atoms with van der Waals surface area (Å²) in [5.74, 6) is 0.645. The zero-order chi connectivity index (χ0) is 14.9. The Morgan fingerprint density at radius 2 is 2.25 bits per heavy atom. The van der Waals surface area contributed by atoms with Crippen LogP contribution in [0, 0.1) is 12.8 Å². The zero-order valence-electron chi connectivity index (χ0n) is 11.9. The van der Waals surface area contributed by atoms with Crippen molar-refractivity contribution in [3.63, 3.8) is 0 Å². The van der Waals surface area contributed by atoms with Crippen molar-refractivity contribution in [1.82, 2.24) is 0 Å². The van der Waals surface area contributed by atoms with Crippen molar-refractivity contribution >= 4 is 40.8 Å². The molecule has 1 atom stereocenters. The van der Waals surface area contributed by atoms with Gasteiger partial charge in [0.05, 0.1) is 12.7 Å². The fourth-order valence-electron chi connectivity index (χ4n) is 2.59. The van der Waals surface area contributed by atoms with Crippen molar-refractivity contribution in [2.45, 2.75) is 26.7 Å². The van der Waals surface area contributed by atoms with E-state index < -0.39 is 0 Å². The molecular weight excluding hydrogens is 294 g/mol. The van der Waals surface area contributed by atoms with Gasteiger partial charge >= 0.3 is 5.97 Å². The second-order valence-corrected chi connectivity index (χ2v) is 6.49. The highest BCUT2D eigenvalue weighted by molar-refractivity contribution is 7.80. The lowest BCUT2D eigenvalue weighted by Crippen LogP contribution is -2.25. The number of carbonyl (C=O) groups excluding carboxylic acids is 2. The topological polar surface area (TPSA) is 46.6 Å². The van der Waals surface area contributed by atoms with Gasteiger partial charge in [-0.3, -0.25) is 4.79 Å². The largest absolute Gasteiger partial charge is 0.465 e. The molecule has 1 aromatic rings. The van der Waals surface area contributed by atoms with E-state index in [1.165, 1.54) is 18.4 Å². The molecule has 4 nitrogen and oxygen atoms in total. The Hall–Kier alpha value is -1.01. The van der Waals surface area contributed by atoms with Crippen molar-refractivity contribution in [3.05, 3.63) is 16.0 Å². The van der Waals surface area contributed by atoms with E-state index in [4.69, 9.17) is 4.74 Å². The fraction of sp³-hybridized carbons (Fsp3) is 0.571. The Kier molecular flexibility index (Phi) is 4.75. The number of methoxy groups -OCH3 is 1. The van der Waals surface area contributed by atoms with Crippen LogP contribution in [0.2, 0.25) is 0 Å². The first-order valence-electron chi connectivity index (χ1n) is 6.65. The van der Waals surface area contributed by atoms with Crippen molar-refractivity contribution in [2.75, 3.05) is 24.3 Å². The van der Waals surface area contributed by atoms with Crippen LogP contribution in [0.3, 0.4) is 0 Å². The summed E-state index contributed by atoms with van der Waals surface area (Å²) in [5.41, 5.74) is 1.55. The summed E-state index contributed by atoms with van der Waals surface area (Å²) in [5, 5.41) is 0.737. The first-order valence-corrected chi connectivity index (χ1v) is 8.10. The highest BCUT2D eigenvalue weighted by Gasteiger charge is 2.35. The van der Waals surface area contributed by atoms with Crippen LogP contribution in [-0.4, -0.2) is 31.3 Å². The second-order valence-electron chi connectivity index (χ2n) is 4.92. The molecule has 0 aromatic carbocycles. The standard InChI is InChI=1S/C14H19NO3S2/c1-4-10-8(2)20-13(12(10)14(17)18-3)15-6-9(7-19)5-11(15)16/h9,19H,4-7H2,1-3H3. The summed E-state index contributed by atoms with van der Waals surface area (Å²) in [4.78, 5) is 27.0. The molecule has 0 N–H and O–H groups in total. The molecular formula is C14H19NO3S2. The van der Waals surface area contributed by atoms with E-state index in [1.54, 1.807) is 4.90 Å². The molecule has 0 saturated carbocycles. The molecule has 0 radical (unpaired) electrons. The third-order valence-corrected chi connectivity index (χ3v) is 5.33. The van der Waals surface area contributed by atoms with Gasteiger partial charge in [0.1, 0.15) is 5.00 Å². The van der Waals surface area contributed by atoms with E-state index in [0.717, 1.165) is 21.9 Å². The minimum Gasteiger partial charge on any atom is -0.465 e. The maximum atomic E-state index is 12.2. The number of thiophene rings is 1. The molecule has 6 heteroatoms. The molecule has 110 valence electrons. The van der Waals surface area contributed by atoms with E-state index in [-0.39, 0.29) is 17.8 Å². The lowest BCUT2D eigenvalue weighted by atomic mass is 10.1. The molecule has 1 aliphatic heterocycles. The fourth-order valence-corrected chi connectivity index (χ4v) is 4.09. The van der Waals surface area contributed by atoms with Crippen molar-refractivity contribution in [1.29, 1.82) is 0 Å². The summed E-state index contributed by atoms with van der Waals surface area (Å²) in [6, 6.07) is 0. The molecule has 1 unspecified atom stereocenters. The molecule has 1 aromatic heterocycles. The summed E-state index contributed by atoms with van der Waals surface area (Å²) < 4.78 is 4.90. The molecule has 1 fully saturated rings. The highest BCUT2D eigenvalue weighted by atomic mass is 32.1. The average Bonchev–Trinajstić information content (AvgIpc) is 2.97. The van der Waals surface area contributed by atoms with Gasteiger partial charge in [0.25, 0.3) is 0 Å². The predicted molar refractivity (Wildman–Crippen MR) is 84.1 cm³/mol. The first-order chi connectivity index (χ1) is 9.53. The smallest absolute Gasteiger partial charge is 0.341 e. The van der Waals surface area contributed by atoms with E-state index in [0.29, 0.717) is 24.3 Å². The predicted octanol–water partition coefficient (Wildman–Crippen LogP) is 2.69. The van der Waals surface area contributed by atoms with E-state index in [9.17, 15) is 9.59 Å². The molecule has 2 rings (SSSR count). The normalized spacial score (nSPS) is 18.7. The summed E-state index contributed by atoms with van der Waals surface area (Å²) >= 11 is 5.77. The van der Waals surface area contributed by atoms with E-state index in [1.807, 2.05) is 13.8 Å². The molecule has 1 aliphatic rings. The van der Waals surface area contributed by atoms with Crippen LogP contribution in [0.5, 0.6) is 0 Å². The van der Waals surface area contributed by atoms with Crippen LogP contribution in [0.15, 0.2) is 0 Å². The van der Waals surface area contributed by atoms with Gasteiger partial charge in [0, 0.05) is 17.8 Å². The van der Waals surface area contributed by atoms with E-state index in [2.05, 4.69) is 12.6 Å².